The first-order chi connectivity index (χ1) is 7.11. The summed E-state index contributed by atoms with van der Waals surface area (Å²) in [5.41, 5.74) is 2.57. The Kier molecular flexibility index (Phi) is 4.15. The molecular weight excluding hydrogens is 212 g/mol. The van der Waals surface area contributed by atoms with Gasteiger partial charge in [-0.2, -0.15) is 0 Å². The van der Waals surface area contributed by atoms with Crippen LogP contribution >= 0.6 is 11.6 Å². The lowest BCUT2D eigenvalue weighted by molar-refractivity contribution is 0.0600. The molecule has 1 aromatic carbocycles. The average Bonchev–Trinajstić information content (AvgIpc) is 2.23. The van der Waals surface area contributed by atoms with Gasteiger partial charge in [0.2, 0.25) is 0 Å². The molecule has 0 spiro atoms. The lowest BCUT2D eigenvalue weighted by Crippen LogP contribution is -2.06. The van der Waals surface area contributed by atoms with Gasteiger partial charge in [-0.05, 0) is 36.6 Å². The van der Waals surface area contributed by atoms with E-state index in [-0.39, 0.29) is 5.97 Å². The van der Waals surface area contributed by atoms with Gasteiger partial charge in [-0.25, -0.2) is 4.79 Å². The molecule has 3 heteroatoms. The number of hydrogen-bond donors (Lipinski definition) is 0. The summed E-state index contributed by atoms with van der Waals surface area (Å²) in [6.45, 7) is 3.99. The minimum atomic E-state index is -0.304. The molecule has 15 heavy (non-hydrogen) atoms. The Balaban J connectivity index is 3.21. The van der Waals surface area contributed by atoms with Gasteiger partial charge in [0.05, 0.1) is 12.7 Å². The van der Waals surface area contributed by atoms with E-state index in [2.05, 4.69) is 6.92 Å². The fourth-order valence-electron chi connectivity index (χ4n) is 1.61. The molecule has 0 amide bonds. The van der Waals surface area contributed by atoms with Crippen molar-refractivity contribution in [3.8, 4) is 0 Å². The van der Waals surface area contributed by atoms with Gasteiger partial charge in [-0.1, -0.05) is 24.9 Å². The molecule has 0 aliphatic heterocycles. The van der Waals surface area contributed by atoms with Crippen LogP contribution < -0.4 is 0 Å². The van der Waals surface area contributed by atoms with Crippen molar-refractivity contribution in [2.45, 2.75) is 26.7 Å². The van der Waals surface area contributed by atoms with Crippen molar-refractivity contribution in [1.29, 1.82) is 0 Å². The molecule has 0 saturated carbocycles. The number of ether oxygens (including phenoxy) is 1. The summed E-state index contributed by atoms with van der Waals surface area (Å²) < 4.78 is 4.71. The molecule has 0 unspecified atom stereocenters. The lowest BCUT2D eigenvalue weighted by atomic mass is 9.99. The molecule has 0 atom stereocenters. The van der Waals surface area contributed by atoms with E-state index in [0.717, 1.165) is 29.0 Å². The summed E-state index contributed by atoms with van der Waals surface area (Å²) in [7, 11) is 1.38. The van der Waals surface area contributed by atoms with Crippen molar-refractivity contribution < 1.29 is 9.53 Å². The number of carbonyl (C=O) groups excluding carboxylic acids is 1. The topological polar surface area (TPSA) is 26.3 Å². The first-order valence-corrected chi connectivity index (χ1v) is 5.35. The number of esters is 1. The van der Waals surface area contributed by atoms with E-state index in [4.69, 9.17) is 16.3 Å². The third-order valence-electron chi connectivity index (χ3n) is 2.45. The Bertz CT molecular complexity index is 372. The number of benzene rings is 1. The molecule has 1 aromatic rings. The minimum absolute atomic E-state index is 0.304. The monoisotopic (exact) mass is 226 g/mol. The molecule has 0 radical (unpaired) electrons. The number of methoxy groups -OCH3 is 1. The van der Waals surface area contributed by atoms with E-state index < -0.39 is 0 Å². The van der Waals surface area contributed by atoms with Crippen LogP contribution in [-0.2, 0) is 11.2 Å². The smallest absolute Gasteiger partial charge is 0.338 e. The zero-order valence-electron chi connectivity index (χ0n) is 9.26. The van der Waals surface area contributed by atoms with Crippen molar-refractivity contribution in [2.75, 3.05) is 7.11 Å². The molecule has 82 valence electrons. The fourth-order valence-corrected chi connectivity index (χ4v) is 1.91. The van der Waals surface area contributed by atoms with Crippen LogP contribution in [0.5, 0.6) is 0 Å². The summed E-state index contributed by atoms with van der Waals surface area (Å²) in [6.07, 6.45) is 1.89. The number of hydrogen-bond acceptors (Lipinski definition) is 2. The van der Waals surface area contributed by atoms with Crippen LogP contribution in [0.1, 0.15) is 34.8 Å². The molecule has 2 nitrogen and oxygen atoms in total. The van der Waals surface area contributed by atoms with Crippen LogP contribution in [0.25, 0.3) is 0 Å². The lowest BCUT2D eigenvalue weighted by Gasteiger charge is -2.11. The van der Waals surface area contributed by atoms with Gasteiger partial charge >= 0.3 is 5.97 Å². The maximum atomic E-state index is 11.4. The molecule has 0 aliphatic rings. The largest absolute Gasteiger partial charge is 0.465 e. The molecule has 0 saturated heterocycles. The first-order valence-electron chi connectivity index (χ1n) is 4.98. The van der Waals surface area contributed by atoms with Gasteiger partial charge in [0.1, 0.15) is 0 Å². The van der Waals surface area contributed by atoms with Gasteiger partial charge in [0, 0.05) is 5.02 Å². The van der Waals surface area contributed by atoms with Crippen LogP contribution in [0.4, 0.5) is 0 Å². The van der Waals surface area contributed by atoms with E-state index in [0.29, 0.717) is 5.56 Å². The minimum Gasteiger partial charge on any atom is -0.465 e. The number of rotatable bonds is 3. The van der Waals surface area contributed by atoms with Crippen molar-refractivity contribution >= 4 is 17.6 Å². The zero-order valence-corrected chi connectivity index (χ0v) is 10.0. The van der Waals surface area contributed by atoms with E-state index in [1.165, 1.54) is 7.11 Å². The fraction of sp³-hybridized carbons (Fsp3) is 0.417. The second-order valence-corrected chi connectivity index (χ2v) is 3.85. The maximum absolute atomic E-state index is 11.4. The Labute approximate surface area is 95.2 Å². The summed E-state index contributed by atoms with van der Waals surface area (Å²) in [4.78, 5) is 11.4. The normalized spacial score (nSPS) is 10.1. The molecule has 1 rings (SSSR count). The molecular formula is C12H15ClO2. The third kappa shape index (κ3) is 2.51. The van der Waals surface area contributed by atoms with Gasteiger partial charge in [-0.15, -0.1) is 0 Å². The molecule has 0 fully saturated rings. The second kappa shape index (κ2) is 5.17. The molecule has 0 N–H and O–H groups in total. The molecule has 0 aromatic heterocycles. The van der Waals surface area contributed by atoms with Crippen molar-refractivity contribution in [1.82, 2.24) is 0 Å². The van der Waals surface area contributed by atoms with E-state index in [9.17, 15) is 4.79 Å². The van der Waals surface area contributed by atoms with Gasteiger partial charge in [-0.3, -0.25) is 0 Å². The van der Waals surface area contributed by atoms with Gasteiger partial charge in [0.25, 0.3) is 0 Å². The predicted molar refractivity (Wildman–Crippen MR) is 61.5 cm³/mol. The summed E-state index contributed by atoms with van der Waals surface area (Å²) >= 11 is 6.08. The zero-order chi connectivity index (χ0) is 11.4. The van der Waals surface area contributed by atoms with Crippen LogP contribution in [-0.4, -0.2) is 13.1 Å². The quantitative estimate of drug-likeness (QED) is 0.739. The standard InChI is InChI=1S/C12H15ClO2/c1-4-5-9-8(2)10(12(14)15-3)6-7-11(9)13/h6-7H,4-5H2,1-3H3. The van der Waals surface area contributed by atoms with Crippen LogP contribution in [0.2, 0.25) is 5.02 Å². The van der Waals surface area contributed by atoms with E-state index in [1.807, 2.05) is 6.92 Å². The Morgan fingerprint density at radius 2 is 2.13 bits per heavy atom. The average molecular weight is 227 g/mol. The van der Waals surface area contributed by atoms with Gasteiger partial charge < -0.3 is 4.74 Å². The van der Waals surface area contributed by atoms with Crippen LogP contribution in [0.15, 0.2) is 12.1 Å². The SMILES string of the molecule is CCCc1c(Cl)ccc(C(=O)OC)c1C. The third-order valence-corrected chi connectivity index (χ3v) is 2.80. The second-order valence-electron chi connectivity index (χ2n) is 3.44. The Morgan fingerprint density at radius 1 is 1.47 bits per heavy atom. The summed E-state index contributed by atoms with van der Waals surface area (Å²) in [5, 5.41) is 0.724. The Hall–Kier alpha value is -1.02. The van der Waals surface area contributed by atoms with Crippen molar-refractivity contribution in [3.05, 3.63) is 33.8 Å². The highest BCUT2D eigenvalue weighted by atomic mass is 35.5. The first kappa shape index (κ1) is 12.1. The maximum Gasteiger partial charge on any atom is 0.338 e. The van der Waals surface area contributed by atoms with E-state index in [1.54, 1.807) is 12.1 Å². The molecule has 0 bridgehead atoms. The Morgan fingerprint density at radius 3 is 2.67 bits per heavy atom. The van der Waals surface area contributed by atoms with Crippen LogP contribution in [0, 0.1) is 6.92 Å². The highest BCUT2D eigenvalue weighted by Gasteiger charge is 2.13. The summed E-state index contributed by atoms with van der Waals surface area (Å²) in [5.74, 6) is -0.304. The number of halogens is 1. The highest BCUT2D eigenvalue weighted by molar-refractivity contribution is 6.31. The van der Waals surface area contributed by atoms with E-state index >= 15 is 0 Å². The molecule has 0 heterocycles. The van der Waals surface area contributed by atoms with Crippen molar-refractivity contribution in [3.63, 3.8) is 0 Å². The van der Waals surface area contributed by atoms with Crippen molar-refractivity contribution in [2.24, 2.45) is 0 Å². The number of carbonyl (C=O) groups is 1. The summed E-state index contributed by atoms with van der Waals surface area (Å²) in [6, 6.07) is 3.47. The van der Waals surface area contributed by atoms with Gasteiger partial charge in [0.15, 0.2) is 0 Å². The molecule has 0 aliphatic carbocycles. The highest BCUT2D eigenvalue weighted by Crippen LogP contribution is 2.24. The van der Waals surface area contributed by atoms with Crippen LogP contribution in [0.3, 0.4) is 0 Å². The predicted octanol–water partition coefficient (Wildman–Crippen LogP) is 3.39.